The van der Waals surface area contributed by atoms with Crippen molar-refractivity contribution in [3.05, 3.63) is 89.7 Å². The van der Waals surface area contributed by atoms with Crippen LogP contribution in [0.25, 0.3) is 17.1 Å². The number of benzene rings is 3. The van der Waals surface area contributed by atoms with Crippen LogP contribution in [0.2, 0.25) is 0 Å². The number of hydrogen-bond donors (Lipinski definition) is 2. The van der Waals surface area contributed by atoms with Gasteiger partial charge in [0.1, 0.15) is 12.1 Å². The van der Waals surface area contributed by atoms with Crippen molar-refractivity contribution in [2.75, 3.05) is 5.32 Å². The molecule has 0 bridgehead atoms. The molecule has 0 saturated heterocycles. The van der Waals surface area contributed by atoms with Crippen LogP contribution in [-0.2, 0) is 12.8 Å². The SMILES string of the molecule is CCc1cccc(CC)c1NC(=S)NN=Cc1ccc(-c2ncn(-c3ccc(OC(F)(F)F)cc3)n2)cc1. The van der Waals surface area contributed by atoms with Crippen LogP contribution >= 0.6 is 12.2 Å². The Labute approximate surface area is 223 Å². The van der Waals surface area contributed by atoms with Crippen LogP contribution in [0.3, 0.4) is 0 Å². The van der Waals surface area contributed by atoms with Crippen LogP contribution in [0.15, 0.2) is 78.2 Å². The van der Waals surface area contributed by atoms with E-state index in [0.717, 1.165) is 29.7 Å². The standard InChI is InChI=1S/C27H25F3N6OS/c1-3-19-6-5-7-20(4-2)24(19)33-26(38)34-32-16-18-8-10-21(11-9-18)25-31-17-36(35-25)22-12-14-23(15-13-22)37-27(28,29)30/h5-17H,3-4H2,1-2H3,(H2,33,34,38). The lowest BCUT2D eigenvalue weighted by Crippen LogP contribution is -2.25. The van der Waals surface area contributed by atoms with Gasteiger partial charge in [0.2, 0.25) is 0 Å². The summed E-state index contributed by atoms with van der Waals surface area (Å²) in [6.45, 7) is 4.21. The number of thiocarbonyl (C=S) groups is 1. The molecule has 0 atom stereocenters. The van der Waals surface area contributed by atoms with Gasteiger partial charge in [-0.3, -0.25) is 5.43 Å². The van der Waals surface area contributed by atoms with Crippen LogP contribution in [0.1, 0.15) is 30.5 Å². The van der Waals surface area contributed by atoms with Crippen molar-refractivity contribution in [3.8, 4) is 22.8 Å². The molecule has 4 aromatic rings. The number of nitrogens with zero attached hydrogens (tertiary/aromatic N) is 4. The smallest absolute Gasteiger partial charge is 0.406 e. The minimum absolute atomic E-state index is 0.304. The predicted molar refractivity (Wildman–Crippen MR) is 146 cm³/mol. The van der Waals surface area contributed by atoms with Crippen molar-refractivity contribution < 1.29 is 17.9 Å². The summed E-state index contributed by atoms with van der Waals surface area (Å²) in [5.74, 6) is 0.162. The van der Waals surface area contributed by atoms with Crippen molar-refractivity contribution in [2.24, 2.45) is 5.10 Å². The zero-order chi connectivity index (χ0) is 27.1. The second kappa shape index (κ2) is 11.9. The maximum absolute atomic E-state index is 12.4. The second-order valence-electron chi connectivity index (χ2n) is 8.16. The van der Waals surface area contributed by atoms with E-state index in [-0.39, 0.29) is 5.75 Å². The highest BCUT2D eigenvalue weighted by atomic mass is 32.1. The summed E-state index contributed by atoms with van der Waals surface area (Å²) >= 11 is 5.41. The first-order valence-electron chi connectivity index (χ1n) is 11.8. The van der Waals surface area contributed by atoms with Gasteiger partial charge in [-0.05, 0) is 66.0 Å². The van der Waals surface area contributed by atoms with E-state index in [1.807, 2.05) is 24.3 Å². The van der Waals surface area contributed by atoms with Crippen LogP contribution in [0.5, 0.6) is 5.75 Å². The summed E-state index contributed by atoms with van der Waals surface area (Å²) in [5.41, 5.74) is 8.42. The number of nitrogens with one attached hydrogen (secondary N) is 2. The molecule has 38 heavy (non-hydrogen) atoms. The predicted octanol–water partition coefficient (Wildman–Crippen LogP) is 6.28. The fourth-order valence-electron chi connectivity index (χ4n) is 3.75. The Kier molecular flexibility index (Phi) is 8.37. The van der Waals surface area contributed by atoms with Crippen LogP contribution in [0, 0.1) is 0 Å². The van der Waals surface area contributed by atoms with E-state index in [0.29, 0.717) is 16.6 Å². The van der Waals surface area contributed by atoms with Crippen LogP contribution in [-0.4, -0.2) is 32.5 Å². The Hall–Kier alpha value is -4.25. The monoisotopic (exact) mass is 538 g/mol. The Balaban J connectivity index is 1.36. The average Bonchev–Trinajstić information content (AvgIpc) is 3.39. The van der Waals surface area contributed by atoms with E-state index in [4.69, 9.17) is 12.2 Å². The molecule has 0 unspecified atom stereocenters. The maximum atomic E-state index is 12.4. The third-order valence-corrected chi connectivity index (χ3v) is 5.81. The number of hydrogen-bond acceptors (Lipinski definition) is 5. The number of hydrazone groups is 1. The summed E-state index contributed by atoms with van der Waals surface area (Å²) in [7, 11) is 0. The molecule has 1 heterocycles. The van der Waals surface area contributed by atoms with Gasteiger partial charge in [0, 0.05) is 11.3 Å². The molecule has 1 aromatic heterocycles. The zero-order valence-corrected chi connectivity index (χ0v) is 21.5. The maximum Gasteiger partial charge on any atom is 0.573 e. The average molecular weight is 539 g/mol. The van der Waals surface area contributed by atoms with Gasteiger partial charge in [0.05, 0.1) is 11.9 Å². The third kappa shape index (κ3) is 6.94. The van der Waals surface area contributed by atoms with E-state index >= 15 is 0 Å². The quantitative estimate of drug-likeness (QED) is 0.156. The van der Waals surface area contributed by atoms with Gasteiger partial charge in [-0.2, -0.15) is 5.10 Å². The molecule has 0 radical (unpaired) electrons. The fraction of sp³-hybridized carbons (Fsp3) is 0.185. The van der Waals surface area contributed by atoms with E-state index in [1.165, 1.54) is 46.4 Å². The van der Waals surface area contributed by atoms with Gasteiger partial charge < -0.3 is 10.1 Å². The van der Waals surface area contributed by atoms with Crippen molar-refractivity contribution in [3.63, 3.8) is 0 Å². The molecule has 0 saturated carbocycles. The first kappa shape index (κ1) is 26.8. The number of aromatic nitrogens is 3. The molecule has 7 nitrogen and oxygen atoms in total. The number of para-hydroxylation sites is 1. The Morgan fingerprint density at radius 3 is 2.26 bits per heavy atom. The second-order valence-corrected chi connectivity index (χ2v) is 8.57. The highest BCUT2D eigenvalue weighted by Gasteiger charge is 2.31. The van der Waals surface area contributed by atoms with Crippen molar-refractivity contribution in [1.82, 2.24) is 20.2 Å². The minimum Gasteiger partial charge on any atom is -0.406 e. The lowest BCUT2D eigenvalue weighted by Gasteiger charge is -2.15. The Morgan fingerprint density at radius 1 is 1.00 bits per heavy atom. The number of anilines is 1. The third-order valence-electron chi connectivity index (χ3n) is 5.61. The molecular weight excluding hydrogens is 513 g/mol. The van der Waals surface area contributed by atoms with E-state index in [2.05, 4.69) is 62.7 Å². The summed E-state index contributed by atoms with van der Waals surface area (Å²) in [4.78, 5) is 4.30. The lowest BCUT2D eigenvalue weighted by molar-refractivity contribution is -0.274. The number of aryl methyl sites for hydroxylation is 2. The molecule has 0 aliphatic rings. The number of halogens is 3. The summed E-state index contributed by atoms with van der Waals surface area (Å²) < 4.78 is 42.4. The molecule has 4 rings (SSSR count). The minimum atomic E-state index is -4.74. The van der Waals surface area contributed by atoms with Crippen molar-refractivity contribution in [2.45, 2.75) is 33.1 Å². The first-order valence-corrected chi connectivity index (χ1v) is 12.3. The molecule has 0 fully saturated rings. The van der Waals surface area contributed by atoms with Gasteiger partial charge in [-0.25, -0.2) is 9.67 Å². The lowest BCUT2D eigenvalue weighted by atomic mass is 10.0. The Morgan fingerprint density at radius 2 is 1.66 bits per heavy atom. The molecule has 0 amide bonds. The fourth-order valence-corrected chi connectivity index (χ4v) is 3.90. The van der Waals surface area contributed by atoms with E-state index in [9.17, 15) is 13.2 Å². The first-order chi connectivity index (χ1) is 18.3. The summed E-state index contributed by atoms with van der Waals surface area (Å²) in [5, 5.41) is 12.3. The number of alkyl halides is 3. The van der Waals surface area contributed by atoms with E-state index in [1.54, 1.807) is 6.21 Å². The van der Waals surface area contributed by atoms with Crippen molar-refractivity contribution >= 4 is 29.2 Å². The Bertz CT molecular complexity index is 1390. The normalized spacial score (nSPS) is 11.5. The summed E-state index contributed by atoms with van der Waals surface area (Å²) in [6.07, 6.45) is 0.191. The largest absolute Gasteiger partial charge is 0.573 e. The van der Waals surface area contributed by atoms with Crippen LogP contribution < -0.4 is 15.5 Å². The number of rotatable bonds is 8. The highest BCUT2D eigenvalue weighted by Crippen LogP contribution is 2.24. The van der Waals surface area contributed by atoms with E-state index < -0.39 is 6.36 Å². The molecule has 0 spiro atoms. The zero-order valence-electron chi connectivity index (χ0n) is 20.7. The van der Waals surface area contributed by atoms with Gasteiger partial charge in [-0.15, -0.1) is 18.3 Å². The molecule has 11 heteroatoms. The summed E-state index contributed by atoms with van der Waals surface area (Å²) in [6, 6.07) is 19.0. The number of ether oxygens (including phenoxy) is 1. The van der Waals surface area contributed by atoms with Crippen molar-refractivity contribution in [1.29, 1.82) is 0 Å². The highest BCUT2D eigenvalue weighted by molar-refractivity contribution is 7.80. The van der Waals surface area contributed by atoms with Gasteiger partial charge >= 0.3 is 6.36 Å². The topological polar surface area (TPSA) is 76.4 Å². The molecule has 0 aliphatic heterocycles. The molecule has 2 N–H and O–H groups in total. The van der Waals surface area contributed by atoms with Gasteiger partial charge in [0.25, 0.3) is 0 Å². The molecule has 0 aliphatic carbocycles. The molecular formula is C27H25F3N6OS. The molecule has 196 valence electrons. The van der Waals surface area contributed by atoms with Gasteiger partial charge in [0.15, 0.2) is 10.9 Å². The molecule has 3 aromatic carbocycles. The van der Waals surface area contributed by atoms with Gasteiger partial charge in [-0.1, -0.05) is 56.3 Å². The van der Waals surface area contributed by atoms with Crippen LogP contribution in [0.4, 0.5) is 18.9 Å².